The second-order valence-corrected chi connectivity index (χ2v) is 4.57. The lowest BCUT2D eigenvalue weighted by molar-refractivity contribution is 0.205. The highest BCUT2D eigenvalue weighted by Crippen LogP contribution is 2.16. The Labute approximate surface area is 121 Å². The summed E-state index contributed by atoms with van der Waals surface area (Å²) in [5.74, 6) is 0.192. The van der Waals surface area contributed by atoms with Gasteiger partial charge in [-0.3, -0.25) is 10.00 Å². The van der Waals surface area contributed by atoms with Gasteiger partial charge in [-0.1, -0.05) is 12.1 Å². The molecule has 0 spiro atoms. The molecule has 2 amide bonds. The summed E-state index contributed by atoms with van der Waals surface area (Å²) in [6, 6.07) is 7.43. The average Bonchev–Trinajstić information content (AvgIpc) is 2.84. The van der Waals surface area contributed by atoms with Crippen LogP contribution >= 0.6 is 0 Å². The lowest BCUT2D eigenvalue weighted by Crippen LogP contribution is -2.36. The molecule has 0 aliphatic heterocycles. The fraction of sp³-hybridized carbons (Fsp3) is 0.286. The van der Waals surface area contributed by atoms with Gasteiger partial charge < -0.3 is 10.1 Å². The van der Waals surface area contributed by atoms with Gasteiger partial charge in [0.25, 0.3) is 0 Å². The number of benzene rings is 1. The molecule has 2 rings (SSSR count). The van der Waals surface area contributed by atoms with E-state index in [1.54, 1.807) is 49.1 Å². The normalized spacial score (nSPS) is 11.8. The highest BCUT2D eigenvalue weighted by atomic mass is 19.1. The summed E-state index contributed by atoms with van der Waals surface area (Å²) in [5.41, 5.74) is 0. The molecule has 21 heavy (non-hydrogen) atoms. The Hall–Kier alpha value is -2.57. The average molecular weight is 292 g/mol. The van der Waals surface area contributed by atoms with Crippen molar-refractivity contribution in [3.05, 3.63) is 42.3 Å². The minimum atomic E-state index is -0.428. The van der Waals surface area contributed by atoms with Gasteiger partial charge in [0.2, 0.25) is 0 Å². The molecule has 0 fully saturated rings. The molecule has 0 saturated heterocycles. The number of nitrogens with zero attached hydrogens (tertiary/aromatic N) is 2. The van der Waals surface area contributed by atoms with Crippen LogP contribution in [-0.4, -0.2) is 28.5 Å². The number of aromatic nitrogens is 2. The number of amides is 2. The summed E-state index contributed by atoms with van der Waals surface area (Å²) in [7, 11) is 1.76. The van der Waals surface area contributed by atoms with Gasteiger partial charge in [0.05, 0.1) is 6.54 Å². The van der Waals surface area contributed by atoms with Crippen LogP contribution in [0.2, 0.25) is 0 Å². The van der Waals surface area contributed by atoms with E-state index in [0.29, 0.717) is 5.82 Å². The molecule has 1 atom stereocenters. The zero-order chi connectivity index (χ0) is 15.2. The Kier molecular flexibility index (Phi) is 4.76. The third-order valence-corrected chi connectivity index (χ3v) is 2.67. The molecular formula is C14H17FN4O2. The van der Waals surface area contributed by atoms with E-state index in [4.69, 9.17) is 4.74 Å². The first-order valence-corrected chi connectivity index (χ1v) is 6.50. The number of carbonyl (C=O) groups excluding carboxylic acids is 1. The van der Waals surface area contributed by atoms with E-state index in [2.05, 4.69) is 15.7 Å². The van der Waals surface area contributed by atoms with Crippen molar-refractivity contribution in [1.82, 2.24) is 15.1 Å². The Balaban J connectivity index is 1.77. The molecule has 1 aromatic heterocycles. The predicted molar refractivity (Wildman–Crippen MR) is 76.7 cm³/mol. The Morgan fingerprint density at radius 3 is 2.86 bits per heavy atom. The van der Waals surface area contributed by atoms with Crippen molar-refractivity contribution in [2.24, 2.45) is 7.05 Å². The Morgan fingerprint density at radius 2 is 2.19 bits per heavy atom. The van der Waals surface area contributed by atoms with Crippen LogP contribution in [0.5, 0.6) is 5.75 Å². The highest BCUT2D eigenvalue weighted by Gasteiger charge is 2.10. The van der Waals surface area contributed by atoms with Crippen molar-refractivity contribution >= 4 is 11.8 Å². The minimum Gasteiger partial charge on any atom is -0.486 e. The predicted octanol–water partition coefficient (Wildman–Crippen LogP) is 2.15. The van der Waals surface area contributed by atoms with Crippen molar-refractivity contribution < 1.29 is 13.9 Å². The van der Waals surface area contributed by atoms with E-state index in [1.807, 2.05) is 0 Å². The SMILES string of the molecule is C[C@@H](CNC(=O)Nc1ccn(C)n1)Oc1ccccc1F. The van der Waals surface area contributed by atoms with E-state index in [1.165, 1.54) is 6.07 Å². The number of hydrogen-bond acceptors (Lipinski definition) is 3. The zero-order valence-corrected chi connectivity index (χ0v) is 11.8. The third kappa shape index (κ3) is 4.48. The molecule has 1 heterocycles. The van der Waals surface area contributed by atoms with E-state index in [0.717, 1.165) is 0 Å². The summed E-state index contributed by atoms with van der Waals surface area (Å²) in [6.07, 6.45) is 1.36. The molecule has 6 nitrogen and oxygen atoms in total. The van der Waals surface area contributed by atoms with Gasteiger partial charge in [0.1, 0.15) is 6.10 Å². The smallest absolute Gasteiger partial charge is 0.320 e. The maximum Gasteiger partial charge on any atom is 0.320 e. The molecule has 0 radical (unpaired) electrons. The molecule has 2 aromatic rings. The summed E-state index contributed by atoms with van der Waals surface area (Å²) in [5, 5.41) is 9.24. The van der Waals surface area contributed by atoms with Gasteiger partial charge in [-0.25, -0.2) is 9.18 Å². The largest absolute Gasteiger partial charge is 0.486 e. The molecule has 0 unspecified atom stereocenters. The minimum absolute atomic E-state index is 0.164. The number of hydrogen-bond donors (Lipinski definition) is 2. The van der Waals surface area contributed by atoms with E-state index in [9.17, 15) is 9.18 Å². The molecule has 0 aliphatic rings. The van der Waals surface area contributed by atoms with Crippen LogP contribution in [0.15, 0.2) is 36.5 Å². The lowest BCUT2D eigenvalue weighted by atomic mass is 10.3. The number of halogens is 1. The first kappa shape index (κ1) is 14.8. The van der Waals surface area contributed by atoms with Crippen molar-refractivity contribution in [1.29, 1.82) is 0 Å². The third-order valence-electron chi connectivity index (χ3n) is 2.67. The number of rotatable bonds is 5. The second kappa shape index (κ2) is 6.74. The summed E-state index contributed by atoms with van der Waals surface area (Å²) < 4.78 is 20.4. The number of para-hydroxylation sites is 1. The summed E-state index contributed by atoms with van der Waals surface area (Å²) in [6.45, 7) is 1.99. The Bertz CT molecular complexity index is 615. The van der Waals surface area contributed by atoms with Gasteiger partial charge in [-0.15, -0.1) is 0 Å². The fourth-order valence-corrected chi connectivity index (χ4v) is 1.68. The number of carbonyl (C=O) groups is 1. The number of nitrogens with one attached hydrogen (secondary N) is 2. The van der Waals surface area contributed by atoms with Crippen molar-refractivity contribution in [2.45, 2.75) is 13.0 Å². The molecule has 0 saturated carbocycles. The molecule has 0 bridgehead atoms. The number of anilines is 1. The number of ether oxygens (including phenoxy) is 1. The topological polar surface area (TPSA) is 68.2 Å². The van der Waals surface area contributed by atoms with Gasteiger partial charge in [-0.05, 0) is 19.1 Å². The quantitative estimate of drug-likeness (QED) is 0.887. The zero-order valence-electron chi connectivity index (χ0n) is 11.8. The molecule has 112 valence electrons. The van der Waals surface area contributed by atoms with Crippen LogP contribution in [0.25, 0.3) is 0 Å². The van der Waals surface area contributed by atoms with Crippen LogP contribution < -0.4 is 15.4 Å². The van der Waals surface area contributed by atoms with E-state index < -0.39 is 11.8 Å². The van der Waals surface area contributed by atoms with Crippen molar-refractivity contribution in [3.8, 4) is 5.75 Å². The molecule has 0 aliphatic carbocycles. The monoisotopic (exact) mass is 292 g/mol. The van der Waals surface area contributed by atoms with Crippen LogP contribution in [0, 0.1) is 5.82 Å². The van der Waals surface area contributed by atoms with E-state index in [-0.39, 0.29) is 18.4 Å². The van der Waals surface area contributed by atoms with Crippen LogP contribution in [-0.2, 0) is 7.05 Å². The van der Waals surface area contributed by atoms with Gasteiger partial charge in [0.15, 0.2) is 17.4 Å². The van der Waals surface area contributed by atoms with Crippen LogP contribution in [0.1, 0.15) is 6.92 Å². The summed E-state index contributed by atoms with van der Waals surface area (Å²) in [4.78, 5) is 11.6. The molecule has 2 N–H and O–H groups in total. The van der Waals surface area contributed by atoms with Crippen LogP contribution in [0.3, 0.4) is 0 Å². The second-order valence-electron chi connectivity index (χ2n) is 4.57. The Morgan fingerprint density at radius 1 is 1.43 bits per heavy atom. The summed E-state index contributed by atoms with van der Waals surface area (Å²) >= 11 is 0. The van der Waals surface area contributed by atoms with Gasteiger partial charge in [-0.2, -0.15) is 5.10 Å². The lowest BCUT2D eigenvalue weighted by Gasteiger charge is -2.15. The highest BCUT2D eigenvalue weighted by molar-refractivity contribution is 5.88. The molecule has 1 aromatic carbocycles. The first-order chi connectivity index (χ1) is 10.0. The number of urea groups is 1. The molecule has 7 heteroatoms. The standard InChI is InChI=1S/C14H17FN4O2/c1-10(21-12-6-4-3-5-11(12)15)9-16-14(20)17-13-7-8-19(2)18-13/h3-8,10H,9H2,1-2H3,(H2,16,17,18,20)/t10-/m0/s1. The van der Waals surface area contributed by atoms with E-state index >= 15 is 0 Å². The van der Waals surface area contributed by atoms with Crippen molar-refractivity contribution in [2.75, 3.05) is 11.9 Å². The maximum atomic E-state index is 13.4. The molecular weight excluding hydrogens is 275 g/mol. The maximum absolute atomic E-state index is 13.4. The van der Waals surface area contributed by atoms with Crippen LogP contribution in [0.4, 0.5) is 15.0 Å². The van der Waals surface area contributed by atoms with Gasteiger partial charge in [0, 0.05) is 19.3 Å². The number of aryl methyl sites for hydroxylation is 1. The van der Waals surface area contributed by atoms with Gasteiger partial charge >= 0.3 is 6.03 Å². The first-order valence-electron chi connectivity index (χ1n) is 6.50. The van der Waals surface area contributed by atoms with Crippen molar-refractivity contribution in [3.63, 3.8) is 0 Å². The fourth-order valence-electron chi connectivity index (χ4n) is 1.68.